The van der Waals surface area contributed by atoms with Gasteiger partial charge in [-0.05, 0) is 52.8 Å². The molecule has 1 amide bonds. The maximum atomic E-state index is 12.6. The Balaban J connectivity index is 1.69. The molecule has 0 unspecified atom stereocenters. The summed E-state index contributed by atoms with van der Waals surface area (Å²) in [5.74, 6) is 0.855. The van der Waals surface area contributed by atoms with Crippen LogP contribution in [0, 0.1) is 0 Å². The van der Waals surface area contributed by atoms with Crippen molar-refractivity contribution in [3.63, 3.8) is 0 Å². The van der Waals surface area contributed by atoms with Gasteiger partial charge in [0.05, 0.1) is 11.1 Å². The molecule has 33 heavy (non-hydrogen) atoms. The standard InChI is InChI=1S/C24H31ClN6O2/c1-6-26-19-14-31(18-9-7-8-17(25)12-18)22-20(19)21(27-15-28-22)30-11-10-29(13-16(30)2)23(32)33-24(3,4)5/h7-9,12,14-16,26H,6,10-11,13H2,1-5H3/t16-/m0/s1. The third-order valence-electron chi connectivity index (χ3n) is 5.57. The maximum Gasteiger partial charge on any atom is 0.410 e. The maximum absolute atomic E-state index is 12.6. The Morgan fingerprint density at radius 3 is 2.73 bits per heavy atom. The predicted octanol–water partition coefficient (Wildman–Crippen LogP) is 4.95. The second-order valence-corrected chi connectivity index (χ2v) is 9.72. The second kappa shape index (κ2) is 9.09. The Labute approximate surface area is 199 Å². The third-order valence-corrected chi connectivity index (χ3v) is 5.80. The molecule has 1 aliphatic heterocycles. The largest absolute Gasteiger partial charge is 0.444 e. The Bertz CT molecular complexity index is 1160. The van der Waals surface area contributed by atoms with E-state index in [9.17, 15) is 4.79 Å². The molecular weight excluding hydrogens is 440 g/mol. The molecule has 1 aliphatic rings. The number of anilines is 2. The van der Waals surface area contributed by atoms with Crippen LogP contribution in [0.3, 0.4) is 0 Å². The summed E-state index contributed by atoms with van der Waals surface area (Å²) in [6.45, 7) is 12.4. The molecule has 0 spiro atoms. The summed E-state index contributed by atoms with van der Waals surface area (Å²) in [5.41, 5.74) is 2.19. The van der Waals surface area contributed by atoms with E-state index in [0.717, 1.165) is 34.8 Å². The first-order chi connectivity index (χ1) is 15.7. The summed E-state index contributed by atoms with van der Waals surface area (Å²) in [6, 6.07) is 7.77. The van der Waals surface area contributed by atoms with E-state index in [1.807, 2.05) is 55.8 Å². The van der Waals surface area contributed by atoms with Gasteiger partial charge in [0.15, 0.2) is 5.65 Å². The third kappa shape index (κ3) is 4.85. The lowest BCUT2D eigenvalue weighted by molar-refractivity contribution is 0.0218. The molecule has 3 heterocycles. The van der Waals surface area contributed by atoms with Crippen molar-refractivity contribution < 1.29 is 9.53 Å². The number of benzene rings is 1. The fraction of sp³-hybridized carbons (Fsp3) is 0.458. The number of piperazine rings is 1. The van der Waals surface area contributed by atoms with Crippen molar-refractivity contribution in [2.45, 2.75) is 46.3 Å². The van der Waals surface area contributed by atoms with Gasteiger partial charge in [0.2, 0.25) is 0 Å². The van der Waals surface area contributed by atoms with Crippen LogP contribution in [0.25, 0.3) is 16.7 Å². The first-order valence-electron chi connectivity index (χ1n) is 11.3. The molecule has 3 aromatic rings. The number of hydrogen-bond acceptors (Lipinski definition) is 6. The normalized spacial score (nSPS) is 16.8. The molecule has 176 valence electrons. The number of aromatic nitrogens is 3. The molecule has 4 rings (SSSR count). The Kier molecular flexibility index (Phi) is 6.38. The molecule has 1 atom stereocenters. The van der Waals surface area contributed by atoms with E-state index in [2.05, 4.69) is 34.0 Å². The summed E-state index contributed by atoms with van der Waals surface area (Å²) in [5, 5.41) is 5.08. The smallest absolute Gasteiger partial charge is 0.410 e. The molecule has 0 aliphatic carbocycles. The highest BCUT2D eigenvalue weighted by molar-refractivity contribution is 6.30. The Morgan fingerprint density at radius 2 is 2.06 bits per heavy atom. The van der Waals surface area contributed by atoms with Crippen molar-refractivity contribution in [2.24, 2.45) is 0 Å². The van der Waals surface area contributed by atoms with Gasteiger partial charge in [-0.2, -0.15) is 0 Å². The minimum atomic E-state index is -0.514. The minimum absolute atomic E-state index is 0.0633. The highest BCUT2D eigenvalue weighted by Gasteiger charge is 2.32. The zero-order valence-corrected chi connectivity index (χ0v) is 20.6. The van der Waals surface area contributed by atoms with Gasteiger partial charge in [-0.25, -0.2) is 14.8 Å². The topological polar surface area (TPSA) is 75.5 Å². The quantitative estimate of drug-likeness (QED) is 0.581. The highest BCUT2D eigenvalue weighted by Crippen LogP contribution is 2.35. The van der Waals surface area contributed by atoms with Crippen molar-refractivity contribution in [2.75, 3.05) is 36.4 Å². The Morgan fingerprint density at radius 1 is 1.27 bits per heavy atom. The van der Waals surface area contributed by atoms with Gasteiger partial charge in [0.25, 0.3) is 0 Å². The van der Waals surface area contributed by atoms with E-state index in [0.29, 0.717) is 24.7 Å². The number of ether oxygens (including phenoxy) is 1. The van der Waals surface area contributed by atoms with Crippen molar-refractivity contribution in [3.8, 4) is 5.69 Å². The fourth-order valence-electron chi connectivity index (χ4n) is 4.18. The van der Waals surface area contributed by atoms with Gasteiger partial charge in [0.1, 0.15) is 17.7 Å². The van der Waals surface area contributed by atoms with Crippen LogP contribution in [0.2, 0.25) is 5.02 Å². The van der Waals surface area contributed by atoms with Gasteiger partial charge in [-0.15, -0.1) is 0 Å². The van der Waals surface area contributed by atoms with Crippen LogP contribution in [-0.2, 0) is 4.74 Å². The van der Waals surface area contributed by atoms with Gasteiger partial charge in [0, 0.05) is 49.1 Å². The van der Waals surface area contributed by atoms with Crippen molar-refractivity contribution in [1.29, 1.82) is 0 Å². The SMILES string of the molecule is CCNc1cn(-c2cccc(Cl)c2)c2ncnc(N3CCN(C(=O)OC(C)(C)C)C[C@@H]3C)c12. The van der Waals surface area contributed by atoms with E-state index in [-0.39, 0.29) is 12.1 Å². The number of amides is 1. The van der Waals surface area contributed by atoms with E-state index < -0.39 is 5.60 Å². The number of carbonyl (C=O) groups excluding carboxylic acids is 1. The molecule has 1 saturated heterocycles. The number of carbonyl (C=O) groups is 1. The fourth-order valence-corrected chi connectivity index (χ4v) is 4.36. The number of hydrogen-bond donors (Lipinski definition) is 1. The second-order valence-electron chi connectivity index (χ2n) is 9.29. The van der Waals surface area contributed by atoms with Crippen LogP contribution in [0.4, 0.5) is 16.3 Å². The number of nitrogens with zero attached hydrogens (tertiary/aromatic N) is 5. The van der Waals surface area contributed by atoms with Crippen molar-refractivity contribution in [1.82, 2.24) is 19.4 Å². The van der Waals surface area contributed by atoms with E-state index in [1.165, 1.54) is 0 Å². The molecule has 0 radical (unpaired) electrons. The molecule has 9 heteroatoms. The summed E-state index contributed by atoms with van der Waals surface area (Å²) in [6.07, 6.45) is 3.36. The first-order valence-corrected chi connectivity index (χ1v) is 11.7. The van der Waals surface area contributed by atoms with E-state index in [4.69, 9.17) is 16.3 Å². The lowest BCUT2D eigenvalue weighted by atomic mass is 10.1. The molecule has 1 N–H and O–H groups in total. The van der Waals surface area contributed by atoms with Crippen LogP contribution in [-0.4, -0.2) is 63.4 Å². The number of nitrogens with one attached hydrogen (secondary N) is 1. The molecule has 0 saturated carbocycles. The molecular formula is C24H31ClN6O2. The van der Waals surface area contributed by atoms with Gasteiger partial charge in [-0.1, -0.05) is 17.7 Å². The molecule has 0 bridgehead atoms. The lowest BCUT2D eigenvalue weighted by Gasteiger charge is -2.41. The van der Waals surface area contributed by atoms with Gasteiger partial charge >= 0.3 is 6.09 Å². The van der Waals surface area contributed by atoms with Crippen LogP contribution < -0.4 is 10.2 Å². The summed E-state index contributed by atoms with van der Waals surface area (Å²) >= 11 is 6.25. The van der Waals surface area contributed by atoms with Crippen molar-refractivity contribution >= 4 is 40.2 Å². The van der Waals surface area contributed by atoms with Crippen LogP contribution >= 0.6 is 11.6 Å². The highest BCUT2D eigenvalue weighted by atomic mass is 35.5. The summed E-state index contributed by atoms with van der Waals surface area (Å²) in [4.78, 5) is 25.9. The van der Waals surface area contributed by atoms with Crippen molar-refractivity contribution in [3.05, 3.63) is 41.8 Å². The Hall–Kier alpha value is -3.00. The zero-order valence-electron chi connectivity index (χ0n) is 19.8. The summed E-state index contributed by atoms with van der Waals surface area (Å²) in [7, 11) is 0. The number of fused-ring (bicyclic) bond motifs is 1. The number of halogens is 1. The van der Waals surface area contributed by atoms with Crippen LogP contribution in [0.1, 0.15) is 34.6 Å². The first kappa shape index (κ1) is 23.2. The predicted molar refractivity (Wildman–Crippen MR) is 133 cm³/mol. The van der Waals surface area contributed by atoms with Gasteiger partial charge < -0.3 is 19.9 Å². The van der Waals surface area contributed by atoms with Crippen LogP contribution in [0.5, 0.6) is 0 Å². The molecule has 8 nitrogen and oxygen atoms in total. The molecule has 2 aromatic heterocycles. The minimum Gasteiger partial charge on any atom is -0.444 e. The van der Waals surface area contributed by atoms with Crippen LogP contribution in [0.15, 0.2) is 36.8 Å². The van der Waals surface area contributed by atoms with Gasteiger partial charge in [-0.3, -0.25) is 4.57 Å². The average molecular weight is 471 g/mol. The average Bonchev–Trinajstić information content (AvgIpc) is 3.12. The van der Waals surface area contributed by atoms with E-state index >= 15 is 0 Å². The van der Waals surface area contributed by atoms with E-state index in [1.54, 1.807) is 11.2 Å². The lowest BCUT2D eigenvalue weighted by Crippen LogP contribution is -2.54. The zero-order chi connectivity index (χ0) is 23.8. The number of rotatable bonds is 4. The molecule has 1 aromatic carbocycles. The summed E-state index contributed by atoms with van der Waals surface area (Å²) < 4.78 is 7.60. The monoisotopic (exact) mass is 470 g/mol. The molecule has 1 fully saturated rings.